The third-order valence-corrected chi connectivity index (χ3v) is 5.69. The largest absolute Gasteiger partial charge is 0.508 e. The number of aryl methyl sites for hydroxylation is 1. The van der Waals surface area contributed by atoms with Gasteiger partial charge in [0.2, 0.25) is 0 Å². The number of aliphatic imine (C=N–C) groups is 1. The van der Waals surface area contributed by atoms with Crippen LogP contribution in [-0.4, -0.2) is 54.6 Å². The number of halogens is 3. The molecule has 0 unspecified atom stereocenters. The van der Waals surface area contributed by atoms with E-state index in [4.69, 9.17) is 4.99 Å². The molecule has 0 aromatic heterocycles. The summed E-state index contributed by atoms with van der Waals surface area (Å²) in [5.41, 5.74) is 3.52. The van der Waals surface area contributed by atoms with Gasteiger partial charge in [-0.2, -0.15) is 0 Å². The Bertz CT molecular complexity index is 679. The first-order chi connectivity index (χ1) is 13.6. The lowest BCUT2D eigenvalue weighted by molar-refractivity contribution is 0.0744. The van der Waals surface area contributed by atoms with E-state index >= 15 is 0 Å². The highest BCUT2D eigenvalue weighted by molar-refractivity contribution is 14.0. The zero-order chi connectivity index (χ0) is 19.9. The molecule has 1 aliphatic carbocycles. The van der Waals surface area contributed by atoms with Crippen LogP contribution >= 0.6 is 24.0 Å². The van der Waals surface area contributed by atoms with Crippen LogP contribution in [0.3, 0.4) is 0 Å². The predicted octanol–water partition coefficient (Wildman–Crippen LogP) is 3.67. The summed E-state index contributed by atoms with van der Waals surface area (Å²) < 4.78 is 25.1. The van der Waals surface area contributed by atoms with Crippen molar-refractivity contribution in [1.82, 2.24) is 15.5 Å². The van der Waals surface area contributed by atoms with E-state index in [1.807, 2.05) is 17.9 Å². The molecule has 3 N–H and O–H groups in total. The molecule has 0 saturated carbocycles. The fourth-order valence-corrected chi connectivity index (χ4v) is 4.19. The van der Waals surface area contributed by atoms with Crippen molar-refractivity contribution >= 4 is 29.9 Å². The van der Waals surface area contributed by atoms with Crippen LogP contribution in [0.25, 0.3) is 0 Å². The van der Waals surface area contributed by atoms with Crippen LogP contribution in [-0.2, 0) is 19.4 Å². The number of benzene rings is 1. The van der Waals surface area contributed by atoms with Crippen LogP contribution in [0.2, 0.25) is 0 Å². The smallest absolute Gasteiger partial charge is 0.251 e. The molecule has 8 heteroatoms. The molecular formula is C21H33F2IN4O. The molecule has 1 aromatic carbocycles. The van der Waals surface area contributed by atoms with Gasteiger partial charge < -0.3 is 15.7 Å². The summed E-state index contributed by atoms with van der Waals surface area (Å²) in [5, 5.41) is 17.1. The van der Waals surface area contributed by atoms with Gasteiger partial charge in [-0.05, 0) is 62.6 Å². The Hall–Kier alpha value is -1.16. The molecule has 5 nitrogen and oxygen atoms in total. The van der Waals surface area contributed by atoms with Gasteiger partial charge in [-0.3, -0.25) is 4.90 Å². The van der Waals surface area contributed by atoms with Gasteiger partial charge in [0.05, 0.1) is 13.1 Å². The number of alkyl halides is 2. The van der Waals surface area contributed by atoms with Gasteiger partial charge in [-0.25, -0.2) is 13.8 Å². The van der Waals surface area contributed by atoms with Crippen molar-refractivity contribution in [3.8, 4) is 5.75 Å². The second-order valence-electron chi connectivity index (χ2n) is 7.71. The minimum absolute atomic E-state index is 0. The summed E-state index contributed by atoms with van der Waals surface area (Å²) in [6, 6.07) is 4.05. The zero-order valence-corrected chi connectivity index (χ0v) is 19.4. The lowest BCUT2D eigenvalue weighted by Crippen LogP contribution is -2.49. The number of rotatable bonds is 6. The number of hydrogen-bond donors (Lipinski definition) is 3. The van der Waals surface area contributed by atoms with E-state index in [0.717, 1.165) is 50.2 Å². The molecule has 0 spiro atoms. The number of nitrogens with one attached hydrogen (secondary N) is 2. The average Bonchev–Trinajstić information content (AvgIpc) is 2.68. The van der Waals surface area contributed by atoms with Crippen LogP contribution in [0, 0.1) is 0 Å². The third kappa shape index (κ3) is 6.94. The Morgan fingerprint density at radius 3 is 2.66 bits per heavy atom. The number of hydrogen-bond acceptors (Lipinski definition) is 3. The molecule has 29 heavy (non-hydrogen) atoms. The molecule has 1 fully saturated rings. The Kier molecular flexibility index (Phi) is 9.88. The number of phenolic OH excluding ortho intramolecular Hbond substituents is 1. The first-order valence-corrected chi connectivity index (χ1v) is 10.4. The van der Waals surface area contributed by atoms with E-state index < -0.39 is 6.43 Å². The standard InChI is InChI=1S/C21H32F2N4O.HI/c1-2-24-21(26-16-9-11-27(12-10-16)14-20(22)23)25-13-18-17-6-4-3-5-15(17)7-8-19(18)28;/h7-8,16,20,28H,2-6,9-14H2,1H3,(H2,24,25,26);1H. The maximum Gasteiger partial charge on any atom is 0.251 e. The van der Waals surface area contributed by atoms with Gasteiger partial charge in [0, 0.05) is 31.2 Å². The van der Waals surface area contributed by atoms with Crippen LogP contribution < -0.4 is 10.6 Å². The molecule has 3 rings (SSSR count). The second kappa shape index (κ2) is 11.9. The Morgan fingerprint density at radius 2 is 1.97 bits per heavy atom. The normalized spacial score (nSPS) is 18.3. The summed E-state index contributed by atoms with van der Waals surface area (Å²) >= 11 is 0. The number of piperidine rings is 1. The molecule has 0 amide bonds. The highest BCUT2D eigenvalue weighted by atomic mass is 127. The number of aromatic hydroxyl groups is 1. The van der Waals surface area contributed by atoms with E-state index in [1.54, 1.807) is 6.07 Å². The number of fused-ring (bicyclic) bond motifs is 1. The minimum atomic E-state index is -2.27. The molecule has 0 atom stereocenters. The monoisotopic (exact) mass is 522 g/mol. The number of nitrogens with zero attached hydrogens (tertiary/aromatic N) is 2. The number of guanidine groups is 1. The topological polar surface area (TPSA) is 59.9 Å². The molecular weight excluding hydrogens is 489 g/mol. The Labute approximate surface area is 189 Å². The molecule has 1 aliphatic heterocycles. The van der Waals surface area contributed by atoms with Gasteiger partial charge in [-0.15, -0.1) is 24.0 Å². The number of phenols is 1. The molecule has 2 aliphatic rings. The molecule has 0 radical (unpaired) electrons. The van der Waals surface area contributed by atoms with Gasteiger partial charge in [0.1, 0.15) is 5.75 Å². The summed E-state index contributed by atoms with van der Waals surface area (Å²) in [6.07, 6.45) is 3.81. The quantitative estimate of drug-likeness (QED) is 0.303. The predicted molar refractivity (Wildman–Crippen MR) is 124 cm³/mol. The van der Waals surface area contributed by atoms with Crippen molar-refractivity contribution in [2.75, 3.05) is 26.2 Å². The fraction of sp³-hybridized carbons (Fsp3) is 0.667. The molecule has 0 bridgehead atoms. The maximum atomic E-state index is 12.5. The Balaban J connectivity index is 0.00000300. The first kappa shape index (κ1) is 24.1. The first-order valence-electron chi connectivity index (χ1n) is 10.4. The fourth-order valence-electron chi connectivity index (χ4n) is 4.19. The van der Waals surface area contributed by atoms with E-state index in [0.29, 0.717) is 25.4 Å². The molecule has 1 saturated heterocycles. The molecule has 1 aromatic rings. The highest BCUT2D eigenvalue weighted by Gasteiger charge is 2.22. The van der Waals surface area contributed by atoms with Crippen LogP contribution in [0.15, 0.2) is 17.1 Å². The zero-order valence-electron chi connectivity index (χ0n) is 17.1. The lowest BCUT2D eigenvalue weighted by atomic mass is 9.88. The number of likely N-dealkylation sites (tertiary alicyclic amines) is 1. The van der Waals surface area contributed by atoms with Crippen LogP contribution in [0.5, 0.6) is 5.75 Å². The Morgan fingerprint density at radius 1 is 1.24 bits per heavy atom. The molecule has 164 valence electrons. The van der Waals surface area contributed by atoms with Gasteiger partial charge in [-0.1, -0.05) is 6.07 Å². The van der Waals surface area contributed by atoms with Crippen molar-refractivity contribution in [3.05, 3.63) is 28.8 Å². The second-order valence-corrected chi connectivity index (χ2v) is 7.71. The van der Waals surface area contributed by atoms with Gasteiger partial charge >= 0.3 is 0 Å². The van der Waals surface area contributed by atoms with Gasteiger partial charge in [0.15, 0.2) is 5.96 Å². The SMILES string of the molecule is CCNC(=NCc1c(O)ccc2c1CCCC2)NC1CCN(CC(F)F)CC1.I. The van der Waals surface area contributed by atoms with E-state index in [9.17, 15) is 13.9 Å². The van der Waals surface area contributed by atoms with Crippen molar-refractivity contribution in [3.63, 3.8) is 0 Å². The van der Waals surface area contributed by atoms with E-state index in [2.05, 4.69) is 10.6 Å². The minimum Gasteiger partial charge on any atom is -0.508 e. The highest BCUT2D eigenvalue weighted by Crippen LogP contribution is 2.31. The van der Waals surface area contributed by atoms with Crippen LogP contribution in [0.1, 0.15) is 49.3 Å². The van der Waals surface area contributed by atoms with Crippen molar-refractivity contribution in [2.45, 2.75) is 64.5 Å². The van der Waals surface area contributed by atoms with E-state index in [1.165, 1.54) is 17.5 Å². The van der Waals surface area contributed by atoms with Crippen molar-refractivity contribution < 1.29 is 13.9 Å². The third-order valence-electron chi connectivity index (χ3n) is 5.69. The summed E-state index contributed by atoms with van der Waals surface area (Å²) in [5.74, 6) is 1.04. The molecule has 1 heterocycles. The van der Waals surface area contributed by atoms with Crippen molar-refractivity contribution in [1.29, 1.82) is 0 Å². The lowest BCUT2D eigenvalue weighted by Gasteiger charge is -2.32. The average molecular weight is 522 g/mol. The van der Waals surface area contributed by atoms with Crippen molar-refractivity contribution in [2.24, 2.45) is 4.99 Å². The van der Waals surface area contributed by atoms with E-state index in [-0.39, 0.29) is 36.6 Å². The maximum absolute atomic E-state index is 12.5. The summed E-state index contributed by atoms with van der Waals surface area (Å²) in [4.78, 5) is 6.54. The van der Waals surface area contributed by atoms with Crippen LogP contribution in [0.4, 0.5) is 8.78 Å². The summed E-state index contributed by atoms with van der Waals surface area (Å²) in [6.45, 7) is 4.41. The summed E-state index contributed by atoms with van der Waals surface area (Å²) in [7, 11) is 0. The van der Waals surface area contributed by atoms with Gasteiger partial charge in [0.25, 0.3) is 6.43 Å².